The fourth-order valence-electron chi connectivity index (χ4n) is 3.29. The number of piperidine rings is 2. The quantitative estimate of drug-likeness (QED) is 0.814. The van der Waals surface area contributed by atoms with Crippen LogP contribution >= 0.6 is 0 Å². The van der Waals surface area contributed by atoms with Gasteiger partial charge in [0.2, 0.25) is 11.8 Å². The highest BCUT2D eigenvalue weighted by molar-refractivity contribution is 6.01. The zero-order valence-corrected chi connectivity index (χ0v) is 13.8. The Morgan fingerprint density at radius 1 is 1.26 bits per heavy atom. The van der Waals surface area contributed by atoms with Crippen LogP contribution < -0.4 is 10.6 Å². The lowest BCUT2D eigenvalue weighted by Crippen LogP contribution is -2.47. The van der Waals surface area contributed by atoms with Gasteiger partial charge in [-0.3, -0.25) is 19.6 Å². The number of amides is 2. The lowest BCUT2D eigenvalue weighted by molar-refractivity contribution is -0.133. The maximum atomic E-state index is 11.8. The first-order valence-electron chi connectivity index (χ1n) is 8.42. The molecule has 0 aliphatic carbocycles. The van der Waals surface area contributed by atoms with E-state index in [1.807, 2.05) is 16.9 Å². The molecule has 2 amide bonds. The van der Waals surface area contributed by atoms with Crippen molar-refractivity contribution in [3.63, 3.8) is 0 Å². The zero-order valence-electron chi connectivity index (χ0n) is 13.8. The Morgan fingerprint density at radius 3 is 2.65 bits per heavy atom. The van der Waals surface area contributed by atoms with Gasteiger partial charge in [-0.25, -0.2) is 0 Å². The van der Waals surface area contributed by atoms with Crippen LogP contribution in [0.25, 0.3) is 0 Å². The average Bonchev–Trinajstić information content (AvgIpc) is 2.99. The molecule has 0 saturated carbocycles. The molecule has 1 aromatic rings. The number of imide groups is 1. The predicted octanol–water partition coefficient (Wildman–Crippen LogP) is 1.15. The molecule has 126 valence electrons. The van der Waals surface area contributed by atoms with Crippen LogP contribution in [0.2, 0.25) is 0 Å². The van der Waals surface area contributed by atoms with E-state index in [1.54, 1.807) is 0 Å². The monoisotopic (exact) mass is 319 g/mol. The van der Waals surface area contributed by atoms with Crippen LogP contribution in [0.5, 0.6) is 0 Å². The third-order valence-electron chi connectivity index (χ3n) is 4.77. The van der Waals surface area contributed by atoms with Gasteiger partial charge in [0.1, 0.15) is 11.9 Å². The van der Waals surface area contributed by atoms with Crippen LogP contribution in [0.15, 0.2) is 12.3 Å². The van der Waals surface area contributed by atoms with Crippen molar-refractivity contribution in [2.45, 2.75) is 57.7 Å². The number of rotatable bonds is 4. The molecule has 2 fully saturated rings. The first-order valence-corrected chi connectivity index (χ1v) is 8.42. The fraction of sp³-hybridized carbons (Fsp3) is 0.688. The molecule has 0 radical (unpaired) electrons. The Labute approximate surface area is 136 Å². The smallest absolute Gasteiger partial charge is 0.249 e. The molecule has 2 N–H and O–H groups in total. The van der Waals surface area contributed by atoms with Gasteiger partial charge < -0.3 is 10.2 Å². The molecular formula is C16H25N5O2. The number of carbonyl (C=O) groups excluding carboxylic acids is 2. The van der Waals surface area contributed by atoms with Crippen molar-refractivity contribution in [2.75, 3.05) is 18.4 Å². The van der Waals surface area contributed by atoms with Crippen LogP contribution in [0, 0.1) is 0 Å². The lowest BCUT2D eigenvalue weighted by Gasteiger charge is -2.34. The summed E-state index contributed by atoms with van der Waals surface area (Å²) in [6, 6.07) is 2.54. The summed E-state index contributed by atoms with van der Waals surface area (Å²) in [7, 11) is 0. The molecule has 2 aliphatic rings. The predicted molar refractivity (Wildman–Crippen MR) is 87.0 cm³/mol. The van der Waals surface area contributed by atoms with Gasteiger partial charge >= 0.3 is 0 Å². The fourth-order valence-corrected chi connectivity index (χ4v) is 3.29. The standard InChI is InChI=1S/C16H25N5O2/c1-11(2)20-8-5-12(6-9-20)21-10-7-14(19-21)17-13-3-4-15(22)18-16(13)23/h7,10-13H,3-6,8-9H2,1-2H3,(H,17,19)(H,18,22,23). The minimum absolute atomic E-state index is 0.199. The Morgan fingerprint density at radius 2 is 2.00 bits per heavy atom. The van der Waals surface area contributed by atoms with Crippen molar-refractivity contribution in [3.05, 3.63) is 12.3 Å². The van der Waals surface area contributed by atoms with Crippen molar-refractivity contribution < 1.29 is 9.59 Å². The van der Waals surface area contributed by atoms with Crippen molar-refractivity contribution in [1.82, 2.24) is 20.0 Å². The van der Waals surface area contributed by atoms with E-state index in [1.165, 1.54) is 0 Å². The van der Waals surface area contributed by atoms with Gasteiger partial charge in [0.05, 0.1) is 6.04 Å². The van der Waals surface area contributed by atoms with Crippen LogP contribution in [0.4, 0.5) is 5.82 Å². The normalized spacial score (nSPS) is 24.0. The number of nitrogens with zero attached hydrogens (tertiary/aromatic N) is 3. The van der Waals surface area contributed by atoms with Crippen LogP contribution in [0.1, 0.15) is 45.6 Å². The molecule has 0 bridgehead atoms. The molecule has 3 rings (SSSR count). The summed E-state index contributed by atoms with van der Waals surface area (Å²) in [4.78, 5) is 25.4. The molecular weight excluding hydrogens is 294 g/mol. The largest absolute Gasteiger partial charge is 0.357 e. The van der Waals surface area contributed by atoms with Gasteiger partial charge in [0.15, 0.2) is 0 Å². The third-order valence-corrected chi connectivity index (χ3v) is 4.77. The van der Waals surface area contributed by atoms with E-state index in [9.17, 15) is 9.59 Å². The molecule has 1 unspecified atom stereocenters. The molecule has 1 atom stereocenters. The van der Waals surface area contributed by atoms with E-state index in [0.29, 0.717) is 30.7 Å². The maximum Gasteiger partial charge on any atom is 0.249 e. The summed E-state index contributed by atoms with van der Waals surface area (Å²) < 4.78 is 2.01. The minimum Gasteiger partial charge on any atom is -0.357 e. The summed E-state index contributed by atoms with van der Waals surface area (Å²) in [6.45, 7) is 6.66. The van der Waals surface area contributed by atoms with E-state index >= 15 is 0 Å². The lowest BCUT2D eigenvalue weighted by atomic mass is 10.0. The van der Waals surface area contributed by atoms with Crippen LogP contribution in [-0.2, 0) is 9.59 Å². The summed E-state index contributed by atoms with van der Waals surface area (Å²) in [5, 5.41) is 10.1. The Kier molecular flexibility index (Phi) is 4.66. The molecule has 7 heteroatoms. The summed E-state index contributed by atoms with van der Waals surface area (Å²) in [6.07, 6.45) is 5.06. The van der Waals surface area contributed by atoms with Gasteiger partial charge in [0, 0.05) is 37.8 Å². The molecule has 2 aliphatic heterocycles. The Bertz CT molecular complexity index is 575. The topological polar surface area (TPSA) is 79.3 Å². The van der Waals surface area contributed by atoms with E-state index in [-0.39, 0.29) is 17.9 Å². The summed E-state index contributed by atoms with van der Waals surface area (Å²) in [5.41, 5.74) is 0. The minimum atomic E-state index is -0.376. The Balaban J connectivity index is 1.56. The molecule has 3 heterocycles. The highest BCUT2D eigenvalue weighted by atomic mass is 16.2. The van der Waals surface area contributed by atoms with Gasteiger partial charge in [-0.1, -0.05) is 0 Å². The van der Waals surface area contributed by atoms with Gasteiger partial charge in [-0.2, -0.15) is 5.10 Å². The first kappa shape index (κ1) is 16.0. The second-order valence-electron chi connectivity index (χ2n) is 6.69. The van der Waals surface area contributed by atoms with Gasteiger partial charge in [-0.05, 0) is 33.1 Å². The second kappa shape index (κ2) is 6.70. The molecule has 2 saturated heterocycles. The van der Waals surface area contributed by atoms with Crippen molar-refractivity contribution in [2.24, 2.45) is 0 Å². The van der Waals surface area contributed by atoms with Gasteiger partial charge in [-0.15, -0.1) is 0 Å². The van der Waals surface area contributed by atoms with E-state index < -0.39 is 0 Å². The molecule has 0 aromatic carbocycles. The number of likely N-dealkylation sites (tertiary alicyclic amines) is 1. The first-order chi connectivity index (χ1) is 11.0. The van der Waals surface area contributed by atoms with E-state index in [0.717, 1.165) is 25.9 Å². The number of carbonyl (C=O) groups is 2. The SMILES string of the molecule is CC(C)N1CCC(n2ccc(NC3CCC(=O)NC3=O)n2)CC1. The number of hydrogen-bond donors (Lipinski definition) is 2. The van der Waals surface area contributed by atoms with E-state index in [2.05, 4.69) is 34.5 Å². The summed E-state index contributed by atoms with van der Waals surface area (Å²) >= 11 is 0. The number of anilines is 1. The third kappa shape index (κ3) is 3.72. The maximum absolute atomic E-state index is 11.8. The summed E-state index contributed by atoms with van der Waals surface area (Å²) in [5.74, 6) is 0.238. The number of hydrogen-bond acceptors (Lipinski definition) is 5. The van der Waals surface area contributed by atoms with E-state index in [4.69, 9.17) is 0 Å². The second-order valence-corrected chi connectivity index (χ2v) is 6.69. The van der Waals surface area contributed by atoms with Crippen molar-refractivity contribution in [1.29, 1.82) is 0 Å². The highest BCUT2D eigenvalue weighted by Crippen LogP contribution is 2.24. The number of aromatic nitrogens is 2. The zero-order chi connectivity index (χ0) is 16.4. The average molecular weight is 319 g/mol. The van der Waals surface area contributed by atoms with Crippen molar-refractivity contribution >= 4 is 17.6 Å². The van der Waals surface area contributed by atoms with Crippen molar-refractivity contribution in [3.8, 4) is 0 Å². The number of nitrogens with one attached hydrogen (secondary N) is 2. The van der Waals surface area contributed by atoms with Crippen LogP contribution in [0.3, 0.4) is 0 Å². The molecule has 1 aromatic heterocycles. The van der Waals surface area contributed by atoms with Gasteiger partial charge in [0.25, 0.3) is 0 Å². The Hall–Kier alpha value is -1.89. The molecule has 0 spiro atoms. The highest BCUT2D eigenvalue weighted by Gasteiger charge is 2.27. The van der Waals surface area contributed by atoms with Crippen LogP contribution in [-0.4, -0.2) is 51.7 Å². The molecule has 23 heavy (non-hydrogen) atoms. The molecule has 7 nitrogen and oxygen atoms in total.